The lowest BCUT2D eigenvalue weighted by molar-refractivity contribution is -0.120. The SMILES string of the molecule is NC(=O)Cn1ccc(NCC(=O)NC2CCCCCC2)n1. The number of nitrogens with one attached hydrogen (secondary N) is 2. The van der Waals surface area contributed by atoms with Gasteiger partial charge in [-0.25, -0.2) is 0 Å². The van der Waals surface area contributed by atoms with Gasteiger partial charge in [0, 0.05) is 18.3 Å². The van der Waals surface area contributed by atoms with Crippen molar-refractivity contribution < 1.29 is 9.59 Å². The van der Waals surface area contributed by atoms with Crippen LogP contribution in [0.15, 0.2) is 12.3 Å². The molecule has 116 valence electrons. The predicted molar refractivity (Wildman–Crippen MR) is 79.5 cm³/mol. The lowest BCUT2D eigenvalue weighted by atomic mass is 10.1. The van der Waals surface area contributed by atoms with Gasteiger partial charge in [-0.2, -0.15) is 5.10 Å². The molecule has 0 atom stereocenters. The molecular weight excluding hydrogens is 270 g/mol. The van der Waals surface area contributed by atoms with Crippen LogP contribution in [-0.2, 0) is 16.1 Å². The molecule has 1 aliphatic rings. The van der Waals surface area contributed by atoms with Crippen LogP contribution in [0.5, 0.6) is 0 Å². The Balaban J connectivity index is 1.72. The van der Waals surface area contributed by atoms with Gasteiger partial charge in [0.1, 0.15) is 12.4 Å². The second-order valence-electron chi connectivity index (χ2n) is 5.47. The van der Waals surface area contributed by atoms with E-state index in [4.69, 9.17) is 5.73 Å². The summed E-state index contributed by atoms with van der Waals surface area (Å²) >= 11 is 0. The molecule has 2 rings (SSSR count). The van der Waals surface area contributed by atoms with Crippen molar-refractivity contribution in [2.45, 2.75) is 51.1 Å². The Morgan fingerprint density at radius 1 is 1.29 bits per heavy atom. The van der Waals surface area contributed by atoms with E-state index < -0.39 is 5.91 Å². The van der Waals surface area contributed by atoms with Gasteiger partial charge in [0.05, 0.1) is 6.54 Å². The minimum atomic E-state index is -0.448. The first-order valence-electron chi connectivity index (χ1n) is 7.48. The smallest absolute Gasteiger partial charge is 0.239 e. The Morgan fingerprint density at radius 2 is 2.00 bits per heavy atom. The molecule has 7 heteroatoms. The molecule has 0 bridgehead atoms. The van der Waals surface area contributed by atoms with Gasteiger partial charge < -0.3 is 16.4 Å². The maximum atomic E-state index is 11.9. The summed E-state index contributed by atoms with van der Waals surface area (Å²) in [4.78, 5) is 22.7. The number of rotatable bonds is 6. The highest BCUT2D eigenvalue weighted by atomic mass is 16.2. The van der Waals surface area contributed by atoms with Crippen molar-refractivity contribution in [3.8, 4) is 0 Å². The first kappa shape index (κ1) is 15.3. The molecule has 2 amide bonds. The van der Waals surface area contributed by atoms with Crippen LogP contribution in [0.1, 0.15) is 38.5 Å². The molecule has 0 spiro atoms. The highest BCUT2D eigenvalue weighted by molar-refractivity contribution is 5.80. The minimum Gasteiger partial charge on any atom is -0.368 e. The summed E-state index contributed by atoms with van der Waals surface area (Å²) in [5.74, 6) is 0.0920. The molecule has 1 fully saturated rings. The molecule has 0 aliphatic heterocycles. The largest absolute Gasteiger partial charge is 0.368 e. The number of hydrogen-bond acceptors (Lipinski definition) is 4. The van der Waals surface area contributed by atoms with Crippen LogP contribution in [-0.4, -0.2) is 34.2 Å². The summed E-state index contributed by atoms with van der Waals surface area (Å²) in [6.07, 6.45) is 8.70. The molecule has 0 aromatic carbocycles. The molecular formula is C14H23N5O2. The van der Waals surface area contributed by atoms with Crippen LogP contribution in [0.2, 0.25) is 0 Å². The van der Waals surface area contributed by atoms with Crippen LogP contribution < -0.4 is 16.4 Å². The van der Waals surface area contributed by atoms with E-state index in [1.807, 2.05) is 0 Å². The van der Waals surface area contributed by atoms with E-state index in [9.17, 15) is 9.59 Å². The maximum absolute atomic E-state index is 11.9. The molecule has 21 heavy (non-hydrogen) atoms. The number of aromatic nitrogens is 2. The van der Waals surface area contributed by atoms with Crippen LogP contribution in [0, 0.1) is 0 Å². The number of nitrogens with zero attached hydrogens (tertiary/aromatic N) is 2. The first-order chi connectivity index (χ1) is 10.1. The summed E-state index contributed by atoms with van der Waals surface area (Å²) in [6.45, 7) is 0.222. The zero-order valence-electron chi connectivity index (χ0n) is 12.2. The number of anilines is 1. The molecule has 0 unspecified atom stereocenters. The number of nitrogens with two attached hydrogens (primary N) is 1. The number of carbonyl (C=O) groups excluding carboxylic acids is 2. The third-order valence-electron chi connectivity index (χ3n) is 3.61. The fraction of sp³-hybridized carbons (Fsp3) is 0.643. The zero-order chi connectivity index (χ0) is 15.1. The highest BCUT2D eigenvalue weighted by Crippen LogP contribution is 2.17. The number of primary amides is 1. The van der Waals surface area contributed by atoms with Gasteiger partial charge in [0.25, 0.3) is 0 Å². The molecule has 1 heterocycles. The van der Waals surface area contributed by atoms with E-state index in [0.717, 1.165) is 12.8 Å². The van der Waals surface area contributed by atoms with Crippen molar-refractivity contribution in [3.05, 3.63) is 12.3 Å². The Hall–Kier alpha value is -2.05. The summed E-state index contributed by atoms with van der Waals surface area (Å²) < 4.78 is 1.44. The van der Waals surface area contributed by atoms with E-state index in [-0.39, 0.29) is 19.0 Å². The van der Waals surface area contributed by atoms with Crippen molar-refractivity contribution in [2.24, 2.45) is 5.73 Å². The molecule has 1 aromatic heterocycles. The van der Waals surface area contributed by atoms with E-state index in [1.54, 1.807) is 12.3 Å². The Labute approximate surface area is 124 Å². The third kappa shape index (κ3) is 5.45. The summed E-state index contributed by atoms with van der Waals surface area (Å²) in [5.41, 5.74) is 5.09. The monoisotopic (exact) mass is 293 g/mol. The van der Waals surface area contributed by atoms with Gasteiger partial charge in [-0.1, -0.05) is 25.7 Å². The topological polar surface area (TPSA) is 102 Å². The van der Waals surface area contributed by atoms with Crippen molar-refractivity contribution in [3.63, 3.8) is 0 Å². The van der Waals surface area contributed by atoms with Crippen molar-refractivity contribution in [1.82, 2.24) is 15.1 Å². The van der Waals surface area contributed by atoms with Crippen LogP contribution >= 0.6 is 0 Å². The maximum Gasteiger partial charge on any atom is 0.239 e. The third-order valence-corrected chi connectivity index (χ3v) is 3.61. The van der Waals surface area contributed by atoms with Crippen LogP contribution in [0.4, 0.5) is 5.82 Å². The molecule has 4 N–H and O–H groups in total. The van der Waals surface area contributed by atoms with Gasteiger partial charge in [-0.3, -0.25) is 14.3 Å². The normalized spacial score (nSPS) is 16.2. The Kier molecular flexibility index (Phi) is 5.59. The second-order valence-corrected chi connectivity index (χ2v) is 5.47. The molecule has 0 radical (unpaired) electrons. The fourth-order valence-corrected chi connectivity index (χ4v) is 2.58. The van der Waals surface area contributed by atoms with Crippen molar-refractivity contribution in [2.75, 3.05) is 11.9 Å². The Bertz CT molecular complexity index is 477. The van der Waals surface area contributed by atoms with Gasteiger partial charge in [0.2, 0.25) is 11.8 Å². The van der Waals surface area contributed by atoms with E-state index >= 15 is 0 Å². The fourth-order valence-electron chi connectivity index (χ4n) is 2.58. The summed E-state index contributed by atoms with van der Waals surface area (Å²) in [5, 5.41) is 10.1. The quantitative estimate of drug-likeness (QED) is 0.669. The molecule has 7 nitrogen and oxygen atoms in total. The highest BCUT2D eigenvalue weighted by Gasteiger charge is 2.14. The summed E-state index contributed by atoms with van der Waals surface area (Å²) in [7, 11) is 0. The standard InChI is InChI=1S/C14H23N5O2/c15-12(20)10-19-8-7-13(18-19)16-9-14(21)17-11-5-3-1-2-4-6-11/h7-8,11H,1-6,9-10H2,(H2,15,20)(H,16,18)(H,17,21). The Morgan fingerprint density at radius 3 is 2.67 bits per heavy atom. The van der Waals surface area contributed by atoms with Gasteiger partial charge in [-0.05, 0) is 12.8 Å². The molecule has 0 saturated heterocycles. The van der Waals surface area contributed by atoms with Crippen LogP contribution in [0.3, 0.4) is 0 Å². The van der Waals surface area contributed by atoms with Gasteiger partial charge in [0.15, 0.2) is 0 Å². The number of amides is 2. The molecule has 1 aliphatic carbocycles. The number of carbonyl (C=O) groups is 2. The summed E-state index contributed by atoms with van der Waals surface area (Å²) in [6, 6.07) is 2.01. The average molecular weight is 293 g/mol. The van der Waals surface area contributed by atoms with E-state index in [0.29, 0.717) is 11.9 Å². The zero-order valence-corrected chi connectivity index (χ0v) is 12.2. The molecule has 1 saturated carbocycles. The minimum absolute atomic E-state index is 0.0219. The van der Waals surface area contributed by atoms with Gasteiger partial charge >= 0.3 is 0 Å². The van der Waals surface area contributed by atoms with E-state index in [1.165, 1.54) is 30.4 Å². The van der Waals surface area contributed by atoms with Crippen molar-refractivity contribution in [1.29, 1.82) is 0 Å². The second kappa shape index (κ2) is 7.66. The lowest BCUT2D eigenvalue weighted by Crippen LogP contribution is -2.38. The van der Waals surface area contributed by atoms with Crippen LogP contribution in [0.25, 0.3) is 0 Å². The predicted octanol–water partition coefficient (Wildman–Crippen LogP) is 0.619. The van der Waals surface area contributed by atoms with E-state index in [2.05, 4.69) is 15.7 Å². The van der Waals surface area contributed by atoms with Gasteiger partial charge in [-0.15, -0.1) is 0 Å². The number of hydrogen-bond donors (Lipinski definition) is 3. The van der Waals surface area contributed by atoms with Crippen molar-refractivity contribution >= 4 is 17.6 Å². The lowest BCUT2D eigenvalue weighted by Gasteiger charge is -2.16. The first-order valence-corrected chi connectivity index (χ1v) is 7.48. The molecule has 1 aromatic rings. The average Bonchev–Trinajstić information content (AvgIpc) is 2.70.